The minimum atomic E-state index is -0.937. The molecular formula is C39H41N5O4. The highest BCUT2D eigenvalue weighted by atomic mass is 16.5. The van der Waals surface area contributed by atoms with Gasteiger partial charge in [0.15, 0.2) is 0 Å². The van der Waals surface area contributed by atoms with Crippen LogP contribution in [0, 0.1) is 0 Å². The number of carbonyl (C=O) groups is 2. The SMILES string of the molecule is COC(=O)NC(C(=O)Nc1ccccc1CCC1CNC(c2ncc(Cc3ccccc3)[nH]2)CO1)C(c1ccccc1)c1ccccc1. The third kappa shape index (κ3) is 8.36. The maximum atomic E-state index is 14.1. The van der Waals surface area contributed by atoms with Gasteiger partial charge in [0.1, 0.15) is 11.9 Å². The molecule has 0 aliphatic carbocycles. The lowest BCUT2D eigenvalue weighted by molar-refractivity contribution is -0.118. The summed E-state index contributed by atoms with van der Waals surface area (Å²) in [6, 6.07) is 36.6. The summed E-state index contributed by atoms with van der Waals surface area (Å²) in [6.45, 7) is 1.21. The average molecular weight is 644 g/mol. The number of aryl methyl sites for hydroxylation is 1. The van der Waals surface area contributed by atoms with Crippen LogP contribution in [0.1, 0.15) is 52.2 Å². The fourth-order valence-corrected chi connectivity index (χ4v) is 6.22. The van der Waals surface area contributed by atoms with E-state index >= 15 is 0 Å². The van der Waals surface area contributed by atoms with Crippen LogP contribution in [0.3, 0.4) is 0 Å². The highest BCUT2D eigenvalue weighted by Crippen LogP contribution is 2.30. The highest BCUT2D eigenvalue weighted by molar-refractivity contribution is 5.98. The summed E-state index contributed by atoms with van der Waals surface area (Å²) in [7, 11) is 1.29. The number of carbonyl (C=O) groups excluding carboxylic acids is 2. The van der Waals surface area contributed by atoms with Crippen molar-refractivity contribution < 1.29 is 19.1 Å². The van der Waals surface area contributed by atoms with Gasteiger partial charge in [-0.15, -0.1) is 0 Å². The first-order valence-electron chi connectivity index (χ1n) is 16.3. The van der Waals surface area contributed by atoms with Crippen molar-refractivity contribution in [2.24, 2.45) is 0 Å². The average Bonchev–Trinajstić information content (AvgIpc) is 3.60. The van der Waals surface area contributed by atoms with Crippen LogP contribution in [0.5, 0.6) is 0 Å². The van der Waals surface area contributed by atoms with Crippen LogP contribution in [0.2, 0.25) is 0 Å². The number of amides is 2. The zero-order valence-corrected chi connectivity index (χ0v) is 27.0. The van der Waals surface area contributed by atoms with Crippen molar-refractivity contribution in [3.05, 3.63) is 155 Å². The number of nitrogens with one attached hydrogen (secondary N) is 4. The zero-order chi connectivity index (χ0) is 33.1. The third-order valence-corrected chi connectivity index (χ3v) is 8.71. The standard InChI is InChI=1S/C39H41N5O4/c1-47-39(46)44-36(35(29-16-7-3-8-17-29)30-18-9-4-10-19-30)38(45)43-33-20-12-11-15-28(33)21-22-32-25-40-34(26-48-32)37-41-24-31(42-37)23-27-13-5-2-6-14-27/h2-20,24,32,34-36,40H,21-23,25-26H2,1H3,(H,41,42)(H,43,45)(H,44,46). The molecule has 2 amide bonds. The number of hydrogen-bond acceptors (Lipinski definition) is 6. The number of imidazole rings is 1. The highest BCUT2D eigenvalue weighted by Gasteiger charge is 2.33. The number of methoxy groups -OCH3 is 1. The molecule has 1 saturated heterocycles. The number of morpholine rings is 1. The molecule has 4 N–H and O–H groups in total. The fourth-order valence-electron chi connectivity index (χ4n) is 6.22. The lowest BCUT2D eigenvalue weighted by Crippen LogP contribution is -2.48. The first-order chi connectivity index (χ1) is 23.6. The maximum Gasteiger partial charge on any atom is 0.407 e. The van der Waals surface area contributed by atoms with E-state index in [0.29, 0.717) is 25.3 Å². The molecule has 1 fully saturated rings. The van der Waals surface area contributed by atoms with Gasteiger partial charge in [-0.1, -0.05) is 109 Å². The lowest BCUT2D eigenvalue weighted by atomic mass is 9.84. The predicted molar refractivity (Wildman–Crippen MR) is 186 cm³/mol. The number of aromatic amines is 1. The van der Waals surface area contributed by atoms with Gasteiger partial charge in [0.25, 0.3) is 0 Å². The number of para-hydroxylation sites is 1. The van der Waals surface area contributed by atoms with E-state index in [1.807, 2.05) is 109 Å². The van der Waals surface area contributed by atoms with Crippen molar-refractivity contribution in [1.29, 1.82) is 0 Å². The molecule has 4 aromatic carbocycles. The molecule has 9 nitrogen and oxygen atoms in total. The Hall–Kier alpha value is -5.25. The molecule has 6 rings (SSSR count). The molecule has 48 heavy (non-hydrogen) atoms. The molecule has 0 spiro atoms. The van der Waals surface area contributed by atoms with Crippen LogP contribution in [-0.2, 0) is 27.1 Å². The topological polar surface area (TPSA) is 117 Å². The molecule has 246 valence electrons. The molecule has 2 heterocycles. The van der Waals surface area contributed by atoms with Crippen molar-refractivity contribution in [2.75, 3.05) is 25.6 Å². The van der Waals surface area contributed by atoms with E-state index in [4.69, 9.17) is 9.47 Å². The summed E-state index contributed by atoms with van der Waals surface area (Å²) in [5, 5.41) is 9.51. The summed E-state index contributed by atoms with van der Waals surface area (Å²) in [4.78, 5) is 34.7. The Balaban J connectivity index is 1.10. The van der Waals surface area contributed by atoms with Crippen LogP contribution in [0.4, 0.5) is 10.5 Å². The van der Waals surface area contributed by atoms with Crippen LogP contribution in [-0.4, -0.2) is 54.4 Å². The molecule has 1 aromatic heterocycles. The number of hydrogen-bond donors (Lipinski definition) is 4. The minimum absolute atomic E-state index is 0.00114. The van der Waals surface area contributed by atoms with Crippen molar-refractivity contribution >= 4 is 17.7 Å². The molecule has 1 aliphatic rings. The van der Waals surface area contributed by atoms with Crippen LogP contribution < -0.4 is 16.0 Å². The molecule has 1 aliphatic heterocycles. The number of H-pyrrole nitrogens is 1. The van der Waals surface area contributed by atoms with E-state index in [1.165, 1.54) is 12.7 Å². The first kappa shape index (κ1) is 32.7. The molecule has 0 bridgehead atoms. The van der Waals surface area contributed by atoms with Gasteiger partial charge in [0.05, 0.1) is 25.9 Å². The van der Waals surface area contributed by atoms with Crippen LogP contribution >= 0.6 is 0 Å². The Labute approximate surface area is 281 Å². The Kier molecular flexibility index (Phi) is 10.9. The lowest BCUT2D eigenvalue weighted by Gasteiger charge is -2.30. The van der Waals surface area contributed by atoms with E-state index in [9.17, 15) is 9.59 Å². The summed E-state index contributed by atoms with van der Waals surface area (Å²) in [5.74, 6) is 0.0952. The minimum Gasteiger partial charge on any atom is -0.453 e. The number of rotatable bonds is 12. The molecule has 3 atom stereocenters. The second kappa shape index (κ2) is 16.0. The monoisotopic (exact) mass is 643 g/mol. The van der Waals surface area contributed by atoms with Gasteiger partial charge in [-0.25, -0.2) is 9.78 Å². The zero-order valence-electron chi connectivity index (χ0n) is 27.0. The molecule has 0 saturated carbocycles. The summed E-state index contributed by atoms with van der Waals surface area (Å²) < 4.78 is 11.2. The van der Waals surface area contributed by atoms with E-state index in [-0.39, 0.29) is 18.1 Å². The third-order valence-electron chi connectivity index (χ3n) is 8.71. The number of benzene rings is 4. The van der Waals surface area contributed by atoms with Gasteiger partial charge in [0.2, 0.25) is 5.91 Å². The van der Waals surface area contributed by atoms with Crippen LogP contribution in [0.25, 0.3) is 0 Å². The Morgan fingerprint density at radius 3 is 2.19 bits per heavy atom. The van der Waals surface area contributed by atoms with Crippen molar-refractivity contribution in [3.8, 4) is 0 Å². The Bertz CT molecular complexity index is 1720. The van der Waals surface area contributed by atoms with Crippen LogP contribution in [0.15, 0.2) is 121 Å². The van der Waals surface area contributed by atoms with E-state index in [0.717, 1.165) is 41.1 Å². The Morgan fingerprint density at radius 2 is 1.54 bits per heavy atom. The Morgan fingerprint density at radius 1 is 0.896 bits per heavy atom. The quantitative estimate of drug-likeness (QED) is 0.129. The number of alkyl carbamates (subject to hydrolysis) is 1. The summed E-state index contributed by atoms with van der Waals surface area (Å²) in [6.07, 6.45) is 3.50. The van der Waals surface area contributed by atoms with E-state index in [2.05, 4.69) is 38.1 Å². The van der Waals surface area contributed by atoms with Crippen molar-refractivity contribution in [3.63, 3.8) is 0 Å². The van der Waals surface area contributed by atoms with Gasteiger partial charge in [-0.3, -0.25) is 4.79 Å². The molecule has 3 unspecified atom stereocenters. The summed E-state index contributed by atoms with van der Waals surface area (Å²) in [5.41, 5.74) is 5.79. The van der Waals surface area contributed by atoms with Gasteiger partial charge in [-0.2, -0.15) is 0 Å². The molecule has 9 heteroatoms. The van der Waals surface area contributed by atoms with Gasteiger partial charge >= 0.3 is 6.09 Å². The van der Waals surface area contributed by atoms with Gasteiger partial charge in [-0.05, 0) is 41.2 Å². The van der Waals surface area contributed by atoms with E-state index in [1.54, 1.807) is 0 Å². The fraction of sp³-hybridized carbons (Fsp3) is 0.256. The second-order valence-electron chi connectivity index (χ2n) is 12.0. The van der Waals surface area contributed by atoms with Crippen molar-refractivity contribution in [2.45, 2.75) is 43.4 Å². The smallest absolute Gasteiger partial charge is 0.407 e. The number of anilines is 1. The largest absolute Gasteiger partial charge is 0.453 e. The van der Waals surface area contributed by atoms with Crippen molar-refractivity contribution in [1.82, 2.24) is 20.6 Å². The first-order valence-corrected chi connectivity index (χ1v) is 16.3. The number of aromatic nitrogens is 2. The number of ether oxygens (including phenoxy) is 2. The predicted octanol–water partition coefficient (Wildman–Crippen LogP) is 6.16. The normalized spacial score (nSPS) is 16.6. The molecule has 5 aromatic rings. The van der Waals surface area contributed by atoms with Gasteiger partial charge < -0.3 is 30.4 Å². The maximum absolute atomic E-state index is 14.1. The van der Waals surface area contributed by atoms with E-state index < -0.39 is 18.1 Å². The number of nitrogens with zero attached hydrogens (tertiary/aromatic N) is 1. The molecular weight excluding hydrogens is 602 g/mol. The summed E-state index contributed by atoms with van der Waals surface area (Å²) >= 11 is 0. The second-order valence-corrected chi connectivity index (χ2v) is 12.0. The molecule has 0 radical (unpaired) electrons. The van der Waals surface area contributed by atoms with Gasteiger partial charge in [0, 0.05) is 36.5 Å².